The summed E-state index contributed by atoms with van der Waals surface area (Å²) in [7, 11) is 1.77. The lowest BCUT2D eigenvalue weighted by Gasteiger charge is -2.33. The zero-order valence-corrected chi connectivity index (χ0v) is 10.3. The molecule has 0 aliphatic carbocycles. The SMILES string of the molecule is CN1C(=O)COc2ccc(C(N)C3CNC3)cc21. The maximum absolute atomic E-state index is 11.6. The molecule has 2 heterocycles. The van der Waals surface area contributed by atoms with Crippen molar-refractivity contribution in [2.45, 2.75) is 6.04 Å². The predicted molar refractivity (Wildman–Crippen MR) is 68.6 cm³/mol. The van der Waals surface area contributed by atoms with Gasteiger partial charge in [0, 0.05) is 32.1 Å². The number of amides is 1. The number of hydrogen-bond acceptors (Lipinski definition) is 4. The number of nitrogens with zero attached hydrogens (tertiary/aromatic N) is 1. The molecule has 1 fully saturated rings. The fraction of sp³-hybridized carbons (Fsp3) is 0.462. The van der Waals surface area contributed by atoms with Gasteiger partial charge in [-0.25, -0.2) is 0 Å². The van der Waals surface area contributed by atoms with E-state index in [9.17, 15) is 4.79 Å². The van der Waals surface area contributed by atoms with Gasteiger partial charge in [0.15, 0.2) is 6.61 Å². The Morgan fingerprint density at radius 1 is 1.50 bits per heavy atom. The quantitative estimate of drug-likeness (QED) is 0.786. The number of nitrogens with two attached hydrogens (primary N) is 1. The lowest BCUT2D eigenvalue weighted by molar-refractivity contribution is -0.120. The van der Waals surface area contributed by atoms with Crippen molar-refractivity contribution in [1.29, 1.82) is 0 Å². The van der Waals surface area contributed by atoms with Crippen LogP contribution >= 0.6 is 0 Å². The Bertz CT molecular complexity index is 485. The third-order valence-corrected chi connectivity index (χ3v) is 3.78. The zero-order chi connectivity index (χ0) is 12.7. The lowest BCUT2D eigenvalue weighted by atomic mass is 9.89. The van der Waals surface area contributed by atoms with E-state index in [-0.39, 0.29) is 18.6 Å². The summed E-state index contributed by atoms with van der Waals surface area (Å²) in [5.74, 6) is 1.20. The van der Waals surface area contributed by atoms with Gasteiger partial charge in [0.1, 0.15) is 5.75 Å². The highest BCUT2D eigenvalue weighted by Crippen LogP contribution is 2.34. The van der Waals surface area contributed by atoms with Gasteiger partial charge in [0.25, 0.3) is 5.91 Å². The van der Waals surface area contributed by atoms with E-state index in [4.69, 9.17) is 10.5 Å². The van der Waals surface area contributed by atoms with Gasteiger partial charge in [-0.1, -0.05) is 6.07 Å². The minimum absolute atomic E-state index is 0.0157. The van der Waals surface area contributed by atoms with Crippen molar-refractivity contribution >= 4 is 11.6 Å². The summed E-state index contributed by atoms with van der Waals surface area (Å²) < 4.78 is 5.40. The number of carbonyl (C=O) groups is 1. The van der Waals surface area contributed by atoms with Crippen LogP contribution in [0.5, 0.6) is 5.75 Å². The number of benzene rings is 1. The van der Waals surface area contributed by atoms with Crippen LogP contribution < -0.4 is 20.7 Å². The second-order valence-electron chi connectivity index (χ2n) is 4.91. The molecule has 0 aromatic heterocycles. The number of nitrogens with one attached hydrogen (secondary N) is 1. The summed E-state index contributed by atoms with van der Waals surface area (Å²) in [4.78, 5) is 13.2. The minimum atomic E-state index is -0.0291. The third kappa shape index (κ3) is 1.76. The van der Waals surface area contributed by atoms with Crippen molar-refractivity contribution in [1.82, 2.24) is 5.32 Å². The van der Waals surface area contributed by atoms with Gasteiger partial charge >= 0.3 is 0 Å². The Morgan fingerprint density at radius 2 is 2.28 bits per heavy atom. The predicted octanol–water partition coefficient (Wildman–Crippen LogP) is 0.261. The average molecular weight is 247 g/mol. The van der Waals surface area contributed by atoms with Gasteiger partial charge in [-0.2, -0.15) is 0 Å². The Kier molecular flexibility index (Phi) is 2.72. The van der Waals surface area contributed by atoms with E-state index < -0.39 is 0 Å². The molecule has 0 spiro atoms. The van der Waals surface area contributed by atoms with Crippen molar-refractivity contribution in [3.8, 4) is 5.75 Å². The second kappa shape index (κ2) is 4.26. The Morgan fingerprint density at radius 3 is 2.94 bits per heavy atom. The summed E-state index contributed by atoms with van der Waals surface area (Å²) >= 11 is 0. The monoisotopic (exact) mass is 247 g/mol. The normalized spacial score (nSPS) is 21.0. The first kappa shape index (κ1) is 11.5. The van der Waals surface area contributed by atoms with Crippen molar-refractivity contribution < 1.29 is 9.53 Å². The standard InChI is InChI=1S/C13H17N3O2/c1-16-10-4-8(13(14)9-5-15-6-9)2-3-11(10)18-7-12(16)17/h2-4,9,13,15H,5-7,14H2,1H3. The fourth-order valence-electron chi connectivity index (χ4n) is 2.33. The minimum Gasteiger partial charge on any atom is -0.482 e. The molecule has 3 rings (SSSR count). The largest absolute Gasteiger partial charge is 0.482 e. The highest BCUT2D eigenvalue weighted by Gasteiger charge is 2.28. The zero-order valence-electron chi connectivity index (χ0n) is 10.3. The van der Waals surface area contributed by atoms with Gasteiger partial charge in [-0.15, -0.1) is 0 Å². The summed E-state index contributed by atoms with van der Waals surface area (Å²) in [5.41, 5.74) is 8.10. The van der Waals surface area contributed by atoms with E-state index in [1.807, 2.05) is 18.2 Å². The molecule has 5 nitrogen and oxygen atoms in total. The number of carbonyl (C=O) groups excluding carboxylic acids is 1. The third-order valence-electron chi connectivity index (χ3n) is 3.78. The molecule has 3 N–H and O–H groups in total. The van der Waals surface area contributed by atoms with Crippen molar-refractivity contribution in [3.05, 3.63) is 23.8 Å². The van der Waals surface area contributed by atoms with Gasteiger partial charge in [0.05, 0.1) is 5.69 Å². The number of fused-ring (bicyclic) bond motifs is 1. The van der Waals surface area contributed by atoms with Crippen LogP contribution in [0.25, 0.3) is 0 Å². The molecule has 0 saturated carbocycles. The summed E-state index contributed by atoms with van der Waals surface area (Å²) in [6.45, 7) is 2.04. The molecular weight excluding hydrogens is 230 g/mol. The molecule has 96 valence electrons. The van der Waals surface area contributed by atoms with E-state index in [0.29, 0.717) is 5.92 Å². The molecule has 0 bridgehead atoms. The van der Waals surface area contributed by atoms with Crippen LogP contribution in [0.4, 0.5) is 5.69 Å². The van der Waals surface area contributed by atoms with Crippen molar-refractivity contribution in [2.24, 2.45) is 11.7 Å². The highest BCUT2D eigenvalue weighted by molar-refractivity contribution is 5.97. The molecule has 1 atom stereocenters. The first-order valence-corrected chi connectivity index (χ1v) is 6.16. The molecule has 5 heteroatoms. The van der Waals surface area contributed by atoms with Crippen LogP contribution in [0, 0.1) is 5.92 Å². The second-order valence-corrected chi connectivity index (χ2v) is 4.91. The summed E-state index contributed by atoms with van der Waals surface area (Å²) in [6.07, 6.45) is 0. The number of likely N-dealkylation sites (N-methyl/N-ethyl adjacent to an activating group) is 1. The van der Waals surface area contributed by atoms with E-state index in [1.54, 1.807) is 11.9 Å². The molecule has 1 unspecified atom stereocenters. The topological polar surface area (TPSA) is 67.6 Å². The number of ether oxygens (including phenoxy) is 1. The average Bonchev–Trinajstić information content (AvgIpc) is 2.31. The smallest absolute Gasteiger partial charge is 0.264 e. The molecule has 1 aromatic carbocycles. The summed E-state index contributed by atoms with van der Waals surface area (Å²) in [6, 6.07) is 5.88. The highest BCUT2D eigenvalue weighted by atomic mass is 16.5. The first-order valence-electron chi connectivity index (χ1n) is 6.16. The van der Waals surface area contributed by atoms with Gasteiger partial charge < -0.3 is 20.7 Å². The molecule has 1 amide bonds. The van der Waals surface area contributed by atoms with Crippen LogP contribution in [0.1, 0.15) is 11.6 Å². The van der Waals surface area contributed by atoms with Gasteiger partial charge in [-0.05, 0) is 17.7 Å². The van der Waals surface area contributed by atoms with Crippen LogP contribution in [0.15, 0.2) is 18.2 Å². The maximum Gasteiger partial charge on any atom is 0.264 e. The van der Waals surface area contributed by atoms with E-state index in [0.717, 1.165) is 30.1 Å². The van der Waals surface area contributed by atoms with Crippen molar-refractivity contribution in [3.63, 3.8) is 0 Å². The van der Waals surface area contributed by atoms with Crippen LogP contribution in [-0.2, 0) is 4.79 Å². The molecule has 1 aromatic rings. The van der Waals surface area contributed by atoms with E-state index >= 15 is 0 Å². The Balaban J connectivity index is 1.91. The Hall–Kier alpha value is -1.59. The molecule has 0 radical (unpaired) electrons. The molecule has 18 heavy (non-hydrogen) atoms. The number of rotatable bonds is 2. The van der Waals surface area contributed by atoms with Crippen LogP contribution in [0.3, 0.4) is 0 Å². The molecule has 2 aliphatic rings. The van der Waals surface area contributed by atoms with Crippen molar-refractivity contribution in [2.75, 3.05) is 31.6 Å². The molecule has 1 saturated heterocycles. The van der Waals surface area contributed by atoms with E-state index in [1.165, 1.54) is 0 Å². The molecular formula is C13H17N3O2. The van der Waals surface area contributed by atoms with Crippen LogP contribution in [-0.4, -0.2) is 32.7 Å². The lowest BCUT2D eigenvalue weighted by Crippen LogP contribution is -2.47. The molecule has 2 aliphatic heterocycles. The fourth-order valence-corrected chi connectivity index (χ4v) is 2.33. The summed E-state index contributed by atoms with van der Waals surface area (Å²) in [5, 5.41) is 3.22. The maximum atomic E-state index is 11.6. The van der Waals surface area contributed by atoms with E-state index in [2.05, 4.69) is 5.32 Å². The number of anilines is 1. The Labute approximate surface area is 106 Å². The first-order chi connectivity index (χ1) is 8.66. The number of hydrogen-bond donors (Lipinski definition) is 2. The van der Waals surface area contributed by atoms with Gasteiger partial charge in [-0.3, -0.25) is 4.79 Å². The van der Waals surface area contributed by atoms with Crippen LogP contribution in [0.2, 0.25) is 0 Å². The van der Waals surface area contributed by atoms with Gasteiger partial charge in [0.2, 0.25) is 0 Å².